The molecular formula is C18H19F2NO3S. The Balaban J connectivity index is 1.74. The molecule has 134 valence electrons. The normalized spacial score (nSPS) is 14.1. The molecule has 0 bridgehead atoms. The van der Waals surface area contributed by atoms with Gasteiger partial charge < -0.3 is 4.74 Å². The van der Waals surface area contributed by atoms with Gasteiger partial charge in [0.25, 0.3) is 0 Å². The number of ether oxygens (including phenoxy) is 1. The molecule has 25 heavy (non-hydrogen) atoms. The highest BCUT2D eigenvalue weighted by Crippen LogP contribution is 2.26. The Kier molecular flexibility index (Phi) is 5.06. The van der Waals surface area contributed by atoms with Crippen LogP contribution in [0.1, 0.15) is 23.1 Å². The van der Waals surface area contributed by atoms with Crippen molar-refractivity contribution in [3.8, 4) is 5.75 Å². The third kappa shape index (κ3) is 3.99. The number of rotatable bonds is 6. The molecule has 0 atom stereocenters. The average Bonchev–Trinajstić information content (AvgIpc) is 3.03. The predicted molar refractivity (Wildman–Crippen MR) is 90.2 cm³/mol. The van der Waals surface area contributed by atoms with Crippen molar-refractivity contribution in [1.82, 2.24) is 4.31 Å². The van der Waals surface area contributed by atoms with E-state index in [0.717, 1.165) is 24.8 Å². The smallest absolute Gasteiger partial charge is 0.387 e. The SMILES string of the molecule is CN(Cc1ccc(OC(F)F)cc1)S(=O)(=O)c1ccc2c(c1)CCC2. The number of alkyl halides is 2. The minimum absolute atomic E-state index is 0.0443. The number of benzene rings is 2. The predicted octanol–water partition coefficient (Wildman–Crippen LogP) is 3.60. The van der Waals surface area contributed by atoms with Gasteiger partial charge in [-0.1, -0.05) is 18.2 Å². The molecule has 7 heteroatoms. The third-order valence-electron chi connectivity index (χ3n) is 4.33. The van der Waals surface area contributed by atoms with E-state index in [2.05, 4.69) is 4.74 Å². The molecule has 0 radical (unpaired) electrons. The fourth-order valence-corrected chi connectivity index (χ4v) is 4.22. The summed E-state index contributed by atoms with van der Waals surface area (Å²) in [6.07, 6.45) is 2.97. The van der Waals surface area contributed by atoms with E-state index in [9.17, 15) is 17.2 Å². The van der Waals surface area contributed by atoms with Gasteiger partial charge in [-0.25, -0.2) is 8.42 Å². The maximum atomic E-state index is 12.8. The first-order valence-electron chi connectivity index (χ1n) is 7.98. The molecule has 2 aromatic carbocycles. The van der Waals surface area contributed by atoms with E-state index in [4.69, 9.17) is 0 Å². The zero-order valence-electron chi connectivity index (χ0n) is 13.8. The zero-order chi connectivity index (χ0) is 18.0. The molecule has 0 aliphatic heterocycles. The summed E-state index contributed by atoms with van der Waals surface area (Å²) < 4.78 is 55.4. The largest absolute Gasteiger partial charge is 0.435 e. The average molecular weight is 367 g/mol. The van der Waals surface area contributed by atoms with Crippen molar-refractivity contribution >= 4 is 10.0 Å². The molecule has 0 unspecified atom stereocenters. The molecule has 4 nitrogen and oxygen atoms in total. The van der Waals surface area contributed by atoms with Gasteiger partial charge in [0.15, 0.2) is 0 Å². The van der Waals surface area contributed by atoms with Crippen molar-refractivity contribution < 1.29 is 21.9 Å². The van der Waals surface area contributed by atoms with Crippen LogP contribution in [0, 0.1) is 0 Å². The van der Waals surface area contributed by atoms with Crippen molar-refractivity contribution in [3.05, 3.63) is 59.2 Å². The van der Waals surface area contributed by atoms with Gasteiger partial charge in [-0.3, -0.25) is 0 Å². The Morgan fingerprint density at radius 3 is 2.44 bits per heavy atom. The summed E-state index contributed by atoms with van der Waals surface area (Å²) in [6, 6.07) is 11.2. The maximum Gasteiger partial charge on any atom is 0.387 e. The molecule has 2 aromatic rings. The van der Waals surface area contributed by atoms with Crippen LogP contribution in [0.2, 0.25) is 0 Å². The van der Waals surface area contributed by atoms with Crippen molar-refractivity contribution in [2.45, 2.75) is 37.3 Å². The molecule has 1 aliphatic carbocycles. The fraction of sp³-hybridized carbons (Fsp3) is 0.333. The van der Waals surface area contributed by atoms with E-state index in [0.29, 0.717) is 5.56 Å². The van der Waals surface area contributed by atoms with Crippen molar-refractivity contribution in [1.29, 1.82) is 0 Å². The zero-order valence-corrected chi connectivity index (χ0v) is 14.6. The second-order valence-electron chi connectivity index (χ2n) is 6.07. The summed E-state index contributed by atoms with van der Waals surface area (Å²) in [4.78, 5) is 0.285. The second-order valence-corrected chi connectivity index (χ2v) is 8.11. The van der Waals surface area contributed by atoms with Crippen LogP contribution in [-0.2, 0) is 29.4 Å². The van der Waals surface area contributed by atoms with Gasteiger partial charge in [-0.15, -0.1) is 0 Å². The Morgan fingerprint density at radius 1 is 1.08 bits per heavy atom. The molecular weight excluding hydrogens is 348 g/mol. The topological polar surface area (TPSA) is 46.6 Å². The monoisotopic (exact) mass is 367 g/mol. The summed E-state index contributed by atoms with van der Waals surface area (Å²) in [6.45, 7) is -2.73. The summed E-state index contributed by atoms with van der Waals surface area (Å²) in [5, 5.41) is 0. The molecule has 0 amide bonds. The fourth-order valence-electron chi connectivity index (χ4n) is 3.01. The first-order chi connectivity index (χ1) is 11.9. The van der Waals surface area contributed by atoms with Gasteiger partial charge >= 0.3 is 6.61 Å². The lowest BCUT2D eigenvalue weighted by Crippen LogP contribution is -2.26. The van der Waals surface area contributed by atoms with E-state index >= 15 is 0 Å². The van der Waals surface area contributed by atoms with Crippen molar-refractivity contribution in [2.75, 3.05) is 7.05 Å². The molecule has 0 heterocycles. The van der Waals surface area contributed by atoms with Gasteiger partial charge in [-0.05, 0) is 60.2 Å². The maximum absolute atomic E-state index is 12.8. The molecule has 0 saturated heterocycles. The highest BCUT2D eigenvalue weighted by Gasteiger charge is 2.23. The molecule has 0 spiro atoms. The van der Waals surface area contributed by atoms with Crippen LogP contribution in [0.4, 0.5) is 8.78 Å². The van der Waals surface area contributed by atoms with E-state index in [-0.39, 0.29) is 17.2 Å². The van der Waals surface area contributed by atoms with Crippen LogP contribution in [0.5, 0.6) is 5.75 Å². The summed E-state index contributed by atoms with van der Waals surface area (Å²) in [5.74, 6) is 0.0443. The second kappa shape index (κ2) is 7.09. The molecule has 1 aliphatic rings. The van der Waals surface area contributed by atoms with Gasteiger partial charge in [0.05, 0.1) is 4.90 Å². The molecule has 3 rings (SSSR count). The number of hydrogen-bond acceptors (Lipinski definition) is 3. The number of halogens is 2. The molecule has 0 saturated carbocycles. The third-order valence-corrected chi connectivity index (χ3v) is 6.13. The number of hydrogen-bond donors (Lipinski definition) is 0. The van der Waals surface area contributed by atoms with Gasteiger partial charge in [0, 0.05) is 13.6 Å². The van der Waals surface area contributed by atoms with Crippen LogP contribution >= 0.6 is 0 Å². The van der Waals surface area contributed by atoms with Crippen LogP contribution in [-0.4, -0.2) is 26.4 Å². The minimum atomic E-state index is -3.61. The first-order valence-corrected chi connectivity index (χ1v) is 9.42. The number of fused-ring (bicyclic) bond motifs is 1. The lowest BCUT2D eigenvalue weighted by atomic mass is 10.1. The number of aryl methyl sites for hydroxylation is 2. The lowest BCUT2D eigenvalue weighted by Gasteiger charge is -2.18. The summed E-state index contributed by atoms with van der Waals surface area (Å²) >= 11 is 0. The van der Waals surface area contributed by atoms with Gasteiger partial charge in [0.1, 0.15) is 5.75 Å². The number of nitrogens with zero attached hydrogens (tertiary/aromatic N) is 1. The molecule has 0 aromatic heterocycles. The van der Waals surface area contributed by atoms with Crippen LogP contribution in [0.25, 0.3) is 0 Å². The lowest BCUT2D eigenvalue weighted by molar-refractivity contribution is -0.0498. The Hall–Kier alpha value is -1.99. The minimum Gasteiger partial charge on any atom is -0.435 e. The van der Waals surface area contributed by atoms with E-state index in [1.165, 1.54) is 29.0 Å². The highest BCUT2D eigenvalue weighted by atomic mass is 32.2. The quantitative estimate of drug-likeness (QED) is 0.784. The van der Waals surface area contributed by atoms with Crippen LogP contribution in [0.3, 0.4) is 0 Å². The summed E-state index contributed by atoms with van der Waals surface area (Å²) in [7, 11) is -2.10. The van der Waals surface area contributed by atoms with Crippen LogP contribution < -0.4 is 4.74 Å². The van der Waals surface area contributed by atoms with Gasteiger partial charge in [0.2, 0.25) is 10.0 Å². The van der Waals surface area contributed by atoms with E-state index < -0.39 is 16.6 Å². The standard InChI is InChI=1S/C18H19F2NO3S/c1-21(12-13-5-8-16(9-6-13)24-18(19)20)25(22,23)17-10-7-14-3-2-4-15(14)11-17/h5-11,18H,2-4,12H2,1H3. The van der Waals surface area contributed by atoms with Crippen molar-refractivity contribution in [2.24, 2.45) is 0 Å². The van der Waals surface area contributed by atoms with Crippen LogP contribution in [0.15, 0.2) is 47.4 Å². The highest BCUT2D eigenvalue weighted by molar-refractivity contribution is 7.89. The Labute approximate surface area is 146 Å². The van der Waals surface area contributed by atoms with E-state index in [1.54, 1.807) is 24.3 Å². The Bertz CT molecular complexity index is 851. The molecule has 0 fully saturated rings. The van der Waals surface area contributed by atoms with Crippen molar-refractivity contribution in [3.63, 3.8) is 0 Å². The summed E-state index contributed by atoms with van der Waals surface area (Å²) in [5.41, 5.74) is 3.01. The first kappa shape index (κ1) is 17.8. The molecule has 0 N–H and O–H groups in total. The van der Waals surface area contributed by atoms with E-state index in [1.807, 2.05) is 6.07 Å². The van der Waals surface area contributed by atoms with Gasteiger partial charge in [-0.2, -0.15) is 13.1 Å². The number of sulfonamides is 1. The Morgan fingerprint density at radius 2 is 1.76 bits per heavy atom.